The summed E-state index contributed by atoms with van der Waals surface area (Å²) < 4.78 is 9.42. The second kappa shape index (κ2) is 40.8. The number of halogens is 1. The van der Waals surface area contributed by atoms with Gasteiger partial charge in [-0.3, -0.25) is 9.59 Å². The molecular weight excluding hydrogens is 884 g/mol. The first-order chi connectivity index (χ1) is 32.3. The lowest BCUT2D eigenvalue weighted by Gasteiger charge is -2.33. The van der Waals surface area contributed by atoms with Crippen LogP contribution in [0, 0.1) is 12.3 Å². The Morgan fingerprint density at radius 2 is 1.15 bits per heavy atom. The molecule has 0 fully saturated rings. The Bertz CT molecular complexity index is 1620. The van der Waals surface area contributed by atoms with E-state index in [4.69, 9.17) is 27.5 Å². The number of carbonyl (C=O) groups excluding carboxylic acids is 2. The number of aliphatic hydroxyl groups excluding tert-OH is 4. The Kier molecular flexibility index (Phi) is 37.7. The van der Waals surface area contributed by atoms with Gasteiger partial charge in [-0.2, -0.15) is 0 Å². The second-order valence-electron chi connectivity index (χ2n) is 18.2. The maximum atomic E-state index is 10.6. The second-order valence-corrected chi connectivity index (χ2v) is 19.7. The number of hydrogen-bond acceptors (Lipinski definition) is 11. The Balaban J connectivity index is 0.000000502. The van der Waals surface area contributed by atoms with E-state index in [-0.39, 0.29) is 26.1 Å². The zero-order chi connectivity index (χ0) is 49.5. The van der Waals surface area contributed by atoms with E-state index in [0.29, 0.717) is 12.8 Å². The summed E-state index contributed by atoms with van der Waals surface area (Å²) in [6, 6.07) is 14.8. The molecule has 67 heavy (non-hydrogen) atoms. The van der Waals surface area contributed by atoms with Crippen molar-refractivity contribution in [2.24, 2.45) is 0 Å². The number of nitrogens with zero attached hydrogens (tertiary/aromatic N) is 2. The van der Waals surface area contributed by atoms with Crippen molar-refractivity contribution < 1.29 is 39.5 Å². The molecule has 0 aliphatic carbocycles. The summed E-state index contributed by atoms with van der Waals surface area (Å²) in [7, 11) is 4.23. The number of aliphatic hydroxyl groups is 4. The van der Waals surface area contributed by atoms with Gasteiger partial charge in [0.1, 0.15) is 13.2 Å². The van der Waals surface area contributed by atoms with Crippen LogP contribution < -0.4 is 4.90 Å². The lowest BCUT2D eigenvalue weighted by Crippen LogP contribution is -2.25. The summed E-state index contributed by atoms with van der Waals surface area (Å²) in [6.07, 6.45) is 31.7. The zero-order valence-corrected chi connectivity index (χ0v) is 43.4. The highest BCUT2D eigenvalue weighted by atomic mass is 35.5. The van der Waals surface area contributed by atoms with E-state index >= 15 is 0 Å². The van der Waals surface area contributed by atoms with E-state index in [0.717, 1.165) is 69.5 Å². The fourth-order valence-electron chi connectivity index (χ4n) is 7.77. The molecule has 1 heterocycles. The van der Waals surface area contributed by atoms with E-state index in [2.05, 4.69) is 72.8 Å². The van der Waals surface area contributed by atoms with Crippen LogP contribution in [0.1, 0.15) is 174 Å². The SMILES string of the molecule is C#CCCCCCCCCCCCC(O)CC(O)COC(C)=O.C=CCCCCCCCCCCCC(O)CC(O)COC(C)=O.CN(C)CCCN1c2ccccc2Sc2ccc(Cl)cc21. The van der Waals surface area contributed by atoms with Gasteiger partial charge in [0.05, 0.1) is 35.8 Å². The maximum absolute atomic E-state index is 10.6. The molecule has 0 saturated heterocycles. The smallest absolute Gasteiger partial charge is 0.302 e. The van der Waals surface area contributed by atoms with E-state index in [1.54, 1.807) is 0 Å². The summed E-state index contributed by atoms with van der Waals surface area (Å²) in [4.78, 5) is 28.5. The number of carbonyl (C=O) groups is 2. The van der Waals surface area contributed by atoms with Gasteiger partial charge in [0.25, 0.3) is 0 Å². The van der Waals surface area contributed by atoms with Gasteiger partial charge >= 0.3 is 11.9 Å². The third-order valence-corrected chi connectivity index (χ3v) is 12.8. The number of esters is 2. The molecule has 1 aliphatic heterocycles. The fraction of sp³-hybridized carbons (Fsp3) is 0.673. The number of terminal acetylenes is 1. The van der Waals surface area contributed by atoms with E-state index in [1.165, 1.54) is 118 Å². The number of allylic oxidation sites excluding steroid dienone is 1. The molecule has 10 nitrogen and oxygen atoms in total. The predicted molar refractivity (Wildman–Crippen MR) is 279 cm³/mol. The number of hydrogen-bond donors (Lipinski definition) is 4. The first kappa shape index (κ1) is 61.9. The molecule has 0 amide bonds. The molecule has 1 aliphatic rings. The molecule has 0 spiro atoms. The maximum Gasteiger partial charge on any atom is 0.302 e. The first-order valence-corrected chi connectivity index (χ1v) is 26.5. The minimum atomic E-state index is -0.775. The molecule has 2 aromatic rings. The molecule has 4 N–H and O–H groups in total. The van der Waals surface area contributed by atoms with Gasteiger partial charge in [0, 0.05) is 54.5 Å². The molecule has 0 saturated carbocycles. The highest BCUT2D eigenvalue weighted by molar-refractivity contribution is 7.99. The number of benzene rings is 2. The molecular formula is C55H89ClN2O8S. The number of fused-ring (bicyclic) bond motifs is 2. The predicted octanol–water partition coefficient (Wildman–Crippen LogP) is 12.6. The highest BCUT2D eigenvalue weighted by Gasteiger charge is 2.23. The first-order valence-electron chi connectivity index (χ1n) is 25.3. The summed E-state index contributed by atoms with van der Waals surface area (Å²) in [5, 5.41) is 39.6. The van der Waals surface area contributed by atoms with Crippen molar-refractivity contribution in [2.45, 2.75) is 209 Å². The van der Waals surface area contributed by atoms with Crippen LogP contribution in [-0.4, -0.2) is 102 Å². The number of anilines is 2. The lowest BCUT2D eigenvalue weighted by molar-refractivity contribution is -0.145. The van der Waals surface area contributed by atoms with Crippen molar-refractivity contribution in [3.05, 3.63) is 60.1 Å². The molecule has 2 aromatic carbocycles. The van der Waals surface area contributed by atoms with Crippen molar-refractivity contribution in [1.82, 2.24) is 4.90 Å². The molecule has 12 heteroatoms. The van der Waals surface area contributed by atoms with Gasteiger partial charge in [-0.1, -0.05) is 144 Å². The third-order valence-electron chi connectivity index (χ3n) is 11.4. The Labute approximate surface area is 415 Å². The van der Waals surface area contributed by atoms with E-state index < -0.39 is 36.4 Å². The van der Waals surface area contributed by atoms with Crippen LogP contribution in [0.2, 0.25) is 5.02 Å². The number of ether oxygens (including phenoxy) is 2. The van der Waals surface area contributed by atoms with Crippen LogP contribution in [-0.2, 0) is 19.1 Å². The lowest BCUT2D eigenvalue weighted by atomic mass is 10.0. The van der Waals surface area contributed by atoms with Gasteiger partial charge in [0.15, 0.2) is 0 Å². The Morgan fingerprint density at radius 3 is 1.63 bits per heavy atom. The normalized spacial score (nSPS) is 13.4. The monoisotopic (exact) mass is 973 g/mol. The van der Waals surface area contributed by atoms with Gasteiger partial charge in [-0.15, -0.1) is 18.9 Å². The van der Waals surface area contributed by atoms with Gasteiger partial charge in [-0.25, -0.2) is 0 Å². The summed E-state index contributed by atoms with van der Waals surface area (Å²) in [6.45, 7) is 8.37. The average Bonchev–Trinajstić information content (AvgIpc) is 3.29. The molecule has 4 atom stereocenters. The van der Waals surface area contributed by atoms with Crippen LogP contribution in [0.3, 0.4) is 0 Å². The zero-order valence-electron chi connectivity index (χ0n) is 41.8. The molecule has 380 valence electrons. The molecule has 0 radical (unpaired) electrons. The molecule has 0 aromatic heterocycles. The van der Waals surface area contributed by atoms with Crippen LogP contribution in [0.4, 0.5) is 11.4 Å². The van der Waals surface area contributed by atoms with Crippen LogP contribution in [0.15, 0.2) is 64.9 Å². The van der Waals surface area contributed by atoms with E-state index in [1.807, 2.05) is 23.9 Å². The Morgan fingerprint density at radius 1 is 0.687 bits per heavy atom. The Hall–Kier alpha value is -3.08. The standard InChI is InChI=1S/C19H36O4.C19H34O4.C17H19ClN2S/c2*1-3-4-5-6-7-8-9-10-11-12-13-14-18(21)15-19(22)16-23-17(2)20;1-19(2)10-5-11-20-14-6-3-4-7-16(14)21-17-9-8-13(18)12-15(17)20/h3,18-19,21-22H,1,4-16H2,2H3;1,18-19,21-22H,4-16H2,2H3;3-4,6-9,12H,5,10-11H2,1-2H3. The van der Waals surface area contributed by atoms with Crippen LogP contribution in [0.25, 0.3) is 0 Å². The number of rotatable bonds is 35. The molecule has 4 unspecified atom stereocenters. The molecule has 0 bridgehead atoms. The van der Waals surface area contributed by atoms with Crippen molar-refractivity contribution in [3.8, 4) is 12.3 Å². The molecule has 3 rings (SSSR count). The van der Waals surface area contributed by atoms with E-state index in [9.17, 15) is 30.0 Å². The minimum absolute atomic E-state index is 0.0286. The van der Waals surface area contributed by atoms with Crippen molar-refractivity contribution in [2.75, 3.05) is 45.3 Å². The van der Waals surface area contributed by atoms with Crippen LogP contribution >= 0.6 is 23.4 Å². The minimum Gasteiger partial charge on any atom is -0.463 e. The summed E-state index contributed by atoms with van der Waals surface area (Å²) >= 11 is 8.03. The largest absolute Gasteiger partial charge is 0.463 e. The van der Waals surface area contributed by atoms with Gasteiger partial charge < -0.3 is 39.7 Å². The highest BCUT2D eigenvalue weighted by Crippen LogP contribution is 2.48. The number of para-hydroxylation sites is 1. The summed E-state index contributed by atoms with van der Waals surface area (Å²) in [5.41, 5.74) is 2.51. The van der Waals surface area contributed by atoms with Gasteiger partial charge in [0.2, 0.25) is 0 Å². The topological polar surface area (TPSA) is 140 Å². The van der Waals surface area contributed by atoms with Crippen molar-refractivity contribution in [1.29, 1.82) is 0 Å². The van der Waals surface area contributed by atoms with Crippen LogP contribution in [0.5, 0.6) is 0 Å². The quantitative estimate of drug-likeness (QED) is 0.0227. The van der Waals surface area contributed by atoms with Crippen molar-refractivity contribution in [3.63, 3.8) is 0 Å². The number of unbranched alkanes of at least 4 members (excludes halogenated alkanes) is 18. The average molecular weight is 974 g/mol. The summed E-state index contributed by atoms with van der Waals surface area (Å²) in [5.74, 6) is 1.86. The van der Waals surface area contributed by atoms with Crippen molar-refractivity contribution >= 4 is 46.7 Å². The van der Waals surface area contributed by atoms with Gasteiger partial charge in [-0.05, 0) is 89.5 Å². The third kappa shape index (κ3) is 34.0. The fourth-order valence-corrected chi connectivity index (χ4v) is 9.01.